The van der Waals surface area contributed by atoms with E-state index in [0.29, 0.717) is 0 Å². The van der Waals surface area contributed by atoms with E-state index < -0.39 is 0 Å². The minimum atomic E-state index is 0. The molecule has 9 heteroatoms. The zero-order valence-corrected chi connectivity index (χ0v) is 22.5. The smallest absolute Gasteiger partial charge is 0 e. The van der Waals surface area contributed by atoms with Gasteiger partial charge in [0.2, 0.25) is 0 Å². The molecule has 2 nitrogen and oxygen atoms in total. The second-order valence-electron chi connectivity index (χ2n) is 1.26. The number of nitrogens with zero attached hydrogens (tertiary/aromatic N) is 1. The molecule has 0 aliphatic carbocycles. The summed E-state index contributed by atoms with van der Waals surface area (Å²) < 4.78 is 3.10. The maximum absolute atomic E-state index is 5.61. The maximum atomic E-state index is 5.61. The molecule has 0 bridgehead atoms. The summed E-state index contributed by atoms with van der Waals surface area (Å²) in [4.78, 5) is 0. The minimum Gasteiger partial charge on any atom is 0 e. The molecule has 1 N–H and O–H groups in total. The molecule has 1 rings (SSSR count). The zero-order valence-electron chi connectivity index (χ0n) is 6.32. The van der Waals surface area contributed by atoms with Crippen molar-refractivity contribution in [1.82, 2.24) is 10.2 Å². The quantitative estimate of drug-likeness (QED) is 0.417. The topological polar surface area (TPSA) is 28.7 Å². The number of aromatic amines is 1. The Morgan fingerprint density at radius 3 is 2.07 bits per heavy atom. The molecule has 1 heterocycles. The summed E-state index contributed by atoms with van der Waals surface area (Å²) in [6.07, 6.45) is 4.40. The fourth-order valence-corrected chi connectivity index (χ4v) is 0.790. The van der Waals surface area contributed by atoms with Crippen LogP contribution in [0.25, 0.3) is 0 Å². The molecule has 0 saturated carbocycles. The molecule has 1 aromatic heterocycles. The summed E-state index contributed by atoms with van der Waals surface area (Å²) in [6, 6.07) is 0. The van der Waals surface area contributed by atoms with E-state index in [1.54, 1.807) is 6.20 Å². The van der Waals surface area contributed by atoms with Crippen molar-refractivity contribution in [2.24, 2.45) is 0 Å². The molecule has 0 spiro atoms. The summed E-state index contributed by atoms with van der Waals surface area (Å²) in [5.41, 5.74) is 0.863. The van der Waals surface area contributed by atoms with Gasteiger partial charge in [-0.1, -0.05) is 0 Å². The van der Waals surface area contributed by atoms with Gasteiger partial charge in [-0.25, -0.2) is 0 Å². The predicted octanol–water partition coefficient (Wildman–Crippen LogP) is 0.875. The Labute approximate surface area is 158 Å². The summed E-state index contributed by atoms with van der Waals surface area (Å²) in [7, 11) is 0. The number of aromatic nitrogens is 2. The first kappa shape index (κ1) is 25.7. The number of nitrogens with one attached hydrogen (secondary N) is 1. The number of hydrogen-bond donors (Lipinski definition) is 1. The van der Waals surface area contributed by atoms with E-state index in [1.165, 1.54) is 38.7 Å². The summed E-state index contributed by atoms with van der Waals surface area (Å²) in [5.74, 6) is 0. The van der Waals surface area contributed by atoms with Crippen molar-refractivity contribution in [3.8, 4) is 0 Å². The van der Waals surface area contributed by atoms with Gasteiger partial charge in [0.25, 0.3) is 0 Å². The largest absolute Gasteiger partial charge is 0 e. The van der Waals surface area contributed by atoms with Crippen molar-refractivity contribution in [2.75, 3.05) is 0 Å². The van der Waals surface area contributed by atoms with Crippen molar-refractivity contribution in [3.63, 3.8) is 0 Å². The van der Waals surface area contributed by atoms with Gasteiger partial charge in [0.1, 0.15) is 0 Å². The molecule has 0 radical (unpaired) electrons. The molecule has 0 aromatic carbocycles. The first-order valence-electron chi connectivity index (χ1n) is 2.31. The Hall–Kier alpha value is 2.97. The average Bonchev–Trinajstić information content (AvgIpc) is 2.38. The number of hydrogen-bond acceptors (Lipinski definition) is 1. The molecule has 0 aliphatic heterocycles. The Balaban J connectivity index is -0.0000000758. The molecular formula is C5H2Cl2N2W5-2. The van der Waals surface area contributed by atoms with Gasteiger partial charge in [-0.15, -0.1) is 0 Å². The Kier molecular flexibility index (Phi) is 33.7. The minimum absolute atomic E-state index is 0. The number of halogens is 2. The Bertz CT molecular complexity index is 228. The second kappa shape index (κ2) is 18.3. The van der Waals surface area contributed by atoms with Gasteiger partial charge in [-0.3, -0.25) is 0 Å². The van der Waals surface area contributed by atoms with Crippen molar-refractivity contribution < 1.29 is 102 Å². The molecule has 0 amide bonds. The van der Waals surface area contributed by atoms with Gasteiger partial charge in [0, 0.05) is 63.2 Å². The van der Waals surface area contributed by atoms with E-state index in [4.69, 9.17) is 23.2 Å². The van der Waals surface area contributed by atoms with E-state index in [9.17, 15) is 0 Å². The summed E-state index contributed by atoms with van der Waals surface area (Å²) >= 11 is 12.8. The van der Waals surface area contributed by atoms with Crippen LogP contribution in [0.2, 0.25) is 0 Å². The van der Waals surface area contributed by atoms with Crippen molar-refractivity contribution >= 4 is 30.4 Å². The SMILES string of the molecule is Cl[C-]=[W].Cl[C](=[W])c1[c-][nH]nc1.[W].[W].[W]. The molecule has 0 fully saturated rings. The van der Waals surface area contributed by atoms with Crippen LogP contribution in [0.5, 0.6) is 0 Å². The molecule has 14 heavy (non-hydrogen) atoms. The van der Waals surface area contributed by atoms with E-state index in [1.807, 2.05) is 0 Å². The molecule has 1 aromatic rings. The van der Waals surface area contributed by atoms with Crippen LogP contribution in [-0.2, 0) is 102 Å². The molecular weight excluding hydrogens is 1080 g/mol. The van der Waals surface area contributed by atoms with Gasteiger partial charge >= 0.3 is 97.3 Å². The maximum Gasteiger partial charge on any atom is 0 e. The third-order valence-electron chi connectivity index (χ3n) is 0.661. The molecule has 0 atom stereocenters. The van der Waals surface area contributed by atoms with Gasteiger partial charge in [-0.05, 0) is 0 Å². The van der Waals surface area contributed by atoms with Crippen LogP contribution in [0, 0.1) is 6.20 Å². The van der Waals surface area contributed by atoms with E-state index >= 15 is 0 Å². The first-order valence-corrected chi connectivity index (χ1v) is 6.00. The number of rotatable bonds is 1. The second-order valence-corrected chi connectivity index (χ2v) is 5.82. The summed E-state index contributed by atoms with van der Waals surface area (Å²) in [6.45, 7) is 0. The van der Waals surface area contributed by atoms with Crippen LogP contribution < -0.4 is 0 Å². The zero-order chi connectivity index (χ0) is 8.69. The van der Waals surface area contributed by atoms with Crippen LogP contribution in [0.4, 0.5) is 0 Å². The van der Waals surface area contributed by atoms with E-state index in [2.05, 4.69) is 20.3 Å². The third-order valence-corrected chi connectivity index (χ3v) is 1.65. The van der Waals surface area contributed by atoms with Crippen LogP contribution in [0.1, 0.15) is 5.56 Å². The van der Waals surface area contributed by atoms with Crippen LogP contribution in [0.15, 0.2) is 6.20 Å². The third kappa shape index (κ3) is 15.0. The van der Waals surface area contributed by atoms with Crippen molar-refractivity contribution in [1.29, 1.82) is 0 Å². The van der Waals surface area contributed by atoms with Crippen LogP contribution >= 0.6 is 23.2 Å². The van der Waals surface area contributed by atoms with Crippen molar-refractivity contribution in [3.05, 3.63) is 18.0 Å². The standard InChI is InChI=1S/C4H2ClN2.CCl.5W/c5-1-4-2-6-7-3-4;1-2;;;;;/h2H,(H,6,7);;;;;;/q2*-1;;;;;. The van der Waals surface area contributed by atoms with Gasteiger partial charge in [0.15, 0.2) is 0 Å². The predicted molar refractivity (Wildman–Crippen MR) is 38.2 cm³/mol. The van der Waals surface area contributed by atoms with E-state index in [-0.39, 0.29) is 63.2 Å². The Morgan fingerprint density at radius 2 is 1.93 bits per heavy atom. The van der Waals surface area contributed by atoms with E-state index in [0.717, 1.165) is 8.92 Å². The van der Waals surface area contributed by atoms with Gasteiger partial charge in [-0.2, -0.15) is 0 Å². The average molecular weight is 1080 g/mol. The van der Waals surface area contributed by atoms with Gasteiger partial charge < -0.3 is 0 Å². The van der Waals surface area contributed by atoms with Crippen molar-refractivity contribution in [2.45, 2.75) is 0 Å². The first-order chi connectivity index (χ1) is 5.22. The monoisotopic (exact) mass is 1080 g/mol. The fourth-order valence-electron chi connectivity index (χ4n) is 0.321. The Morgan fingerprint density at radius 1 is 1.50 bits per heavy atom. The molecule has 0 unspecified atom stereocenters. The van der Waals surface area contributed by atoms with Crippen LogP contribution in [0.3, 0.4) is 0 Å². The van der Waals surface area contributed by atoms with Crippen LogP contribution in [-0.4, -0.2) is 17.4 Å². The molecule has 0 saturated heterocycles. The fraction of sp³-hybridized carbons (Fsp3) is 0. The molecule has 78 valence electrons. The number of H-pyrrole nitrogens is 1. The van der Waals surface area contributed by atoms with Gasteiger partial charge in [0.05, 0.1) is 0 Å². The molecule has 0 aliphatic rings. The summed E-state index contributed by atoms with van der Waals surface area (Å²) in [5, 5.41) is 6.22. The normalized spacial score (nSPS) is 6.14.